The lowest BCUT2D eigenvalue weighted by Crippen LogP contribution is -2.48. The van der Waals surface area contributed by atoms with Crippen molar-refractivity contribution in [1.82, 2.24) is 20.3 Å². The van der Waals surface area contributed by atoms with Gasteiger partial charge in [-0.2, -0.15) is 0 Å². The maximum Gasteiger partial charge on any atom is 0.278 e. The maximum atomic E-state index is 13.2. The van der Waals surface area contributed by atoms with Gasteiger partial charge in [-0.05, 0) is 55.0 Å². The molecule has 1 atom stereocenters. The van der Waals surface area contributed by atoms with Crippen molar-refractivity contribution in [3.8, 4) is 0 Å². The van der Waals surface area contributed by atoms with Crippen molar-refractivity contribution in [2.75, 3.05) is 31.1 Å². The zero-order valence-electron chi connectivity index (χ0n) is 17.1. The van der Waals surface area contributed by atoms with Gasteiger partial charge < -0.3 is 10.2 Å². The molecule has 3 N–H and O–H groups in total. The monoisotopic (exact) mass is 422 g/mol. The molecule has 0 bridgehead atoms. The molecule has 1 saturated heterocycles. The lowest BCUT2D eigenvalue weighted by atomic mass is 9.89. The summed E-state index contributed by atoms with van der Waals surface area (Å²) < 4.78 is 0. The van der Waals surface area contributed by atoms with E-state index >= 15 is 0 Å². The average molecular weight is 423 g/mol. The maximum absolute atomic E-state index is 13.2. The fourth-order valence-corrected chi connectivity index (χ4v) is 5.55. The Hall–Kier alpha value is -2.55. The molecule has 7 nitrogen and oxygen atoms in total. The van der Waals surface area contributed by atoms with Crippen LogP contribution in [0.3, 0.4) is 0 Å². The van der Waals surface area contributed by atoms with Crippen molar-refractivity contribution in [2.45, 2.75) is 32.2 Å². The second kappa shape index (κ2) is 7.94. The topological polar surface area (TPSA) is 87.4 Å². The minimum Gasteiger partial charge on any atom is -0.354 e. The van der Waals surface area contributed by atoms with Crippen LogP contribution in [0.1, 0.15) is 32.8 Å². The Morgan fingerprint density at radius 2 is 2.13 bits per heavy atom. The van der Waals surface area contributed by atoms with Crippen molar-refractivity contribution in [3.63, 3.8) is 0 Å². The first-order valence-electron chi connectivity index (χ1n) is 10.5. The van der Waals surface area contributed by atoms with E-state index in [4.69, 9.17) is 10.8 Å². The molecule has 3 aromatic heterocycles. The quantitative estimate of drug-likeness (QED) is 0.383. The van der Waals surface area contributed by atoms with Crippen LogP contribution in [0.2, 0.25) is 0 Å². The van der Waals surface area contributed by atoms with Crippen molar-refractivity contribution < 1.29 is 4.79 Å². The normalized spacial score (nSPS) is 19.0. The van der Waals surface area contributed by atoms with Gasteiger partial charge in [-0.25, -0.2) is 15.8 Å². The third-order valence-electron chi connectivity index (χ3n) is 6.25. The SMILES string of the molecule is Cc1c(C(=O)N(N)C2CCc3cc(N4CCNCC4)ncc3C2)sc2ncccc12. The van der Waals surface area contributed by atoms with E-state index in [1.807, 2.05) is 25.3 Å². The highest BCUT2D eigenvalue weighted by Crippen LogP contribution is 2.31. The summed E-state index contributed by atoms with van der Waals surface area (Å²) in [5, 5.41) is 5.84. The number of pyridine rings is 2. The van der Waals surface area contributed by atoms with Crippen molar-refractivity contribution >= 4 is 33.3 Å². The van der Waals surface area contributed by atoms with E-state index in [0.717, 1.165) is 67.0 Å². The summed E-state index contributed by atoms with van der Waals surface area (Å²) in [6.45, 7) is 5.94. The summed E-state index contributed by atoms with van der Waals surface area (Å²) in [7, 11) is 0. The first-order chi connectivity index (χ1) is 14.6. The summed E-state index contributed by atoms with van der Waals surface area (Å²) in [6.07, 6.45) is 6.25. The molecular weight excluding hydrogens is 396 g/mol. The Kier molecular flexibility index (Phi) is 5.14. The lowest BCUT2D eigenvalue weighted by molar-refractivity contribution is 0.0665. The molecule has 1 amide bonds. The third-order valence-corrected chi connectivity index (χ3v) is 7.45. The number of nitrogens with one attached hydrogen (secondary N) is 1. The predicted octanol–water partition coefficient (Wildman–Crippen LogP) is 2.28. The Balaban J connectivity index is 1.33. The van der Waals surface area contributed by atoms with Gasteiger partial charge in [0.25, 0.3) is 5.91 Å². The number of nitrogens with zero attached hydrogens (tertiary/aromatic N) is 4. The fourth-order valence-electron chi connectivity index (χ4n) is 4.45. The molecule has 30 heavy (non-hydrogen) atoms. The highest BCUT2D eigenvalue weighted by Gasteiger charge is 2.29. The molecule has 4 heterocycles. The molecule has 0 aromatic carbocycles. The summed E-state index contributed by atoms with van der Waals surface area (Å²) in [6, 6.07) is 6.11. The lowest BCUT2D eigenvalue weighted by Gasteiger charge is -2.33. The van der Waals surface area contributed by atoms with Crippen molar-refractivity contribution in [3.05, 3.63) is 52.2 Å². The Morgan fingerprint density at radius 3 is 2.93 bits per heavy atom. The van der Waals surface area contributed by atoms with Gasteiger partial charge >= 0.3 is 0 Å². The number of fused-ring (bicyclic) bond motifs is 2. The molecule has 1 unspecified atom stereocenters. The number of carbonyl (C=O) groups is 1. The van der Waals surface area contributed by atoms with Crippen LogP contribution in [-0.2, 0) is 12.8 Å². The largest absolute Gasteiger partial charge is 0.354 e. The number of carbonyl (C=O) groups excluding carboxylic acids is 1. The third kappa shape index (κ3) is 3.45. The van der Waals surface area contributed by atoms with E-state index in [9.17, 15) is 4.79 Å². The number of hydrogen-bond donors (Lipinski definition) is 2. The fraction of sp³-hybridized carbons (Fsp3) is 0.409. The van der Waals surface area contributed by atoms with Crippen LogP contribution < -0.4 is 16.1 Å². The second-order valence-electron chi connectivity index (χ2n) is 8.07. The van der Waals surface area contributed by atoms with E-state index < -0.39 is 0 Å². The predicted molar refractivity (Wildman–Crippen MR) is 120 cm³/mol. The molecule has 2 aliphatic rings. The van der Waals surface area contributed by atoms with Crippen LogP contribution >= 0.6 is 11.3 Å². The highest BCUT2D eigenvalue weighted by atomic mass is 32.1. The van der Waals surface area contributed by atoms with Crippen LogP contribution in [0.5, 0.6) is 0 Å². The molecule has 0 saturated carbocycles. The number of thiophene rings is 1. The molecule has 1 fully saturated rings. The number of amides is 1. The summed E-state index contributed by atoms with van der Waals surface area (Å²) in [5.74, 6) is 7.29. The Bertz CT molecular complexity index is 1090. The molecule has 156 valence electrons. The molecule has 0 spiro atoms. The number of hydrazine groups is 1. The number of hydrogen-bond acceptors (Lipinski definition) is 7. The van der Waals surface area contributed by atoms with Crippen LogP contribution in [0.4, 0.5) is 5.82 Å². The average Bonchev–Trinajstić information content (AvgIpc) is 3.14. The van der Waals surface area contributed by atoms with Gasteiger partial charge in [0.05, 0.1) is 10.9 Å². The number of aryl methyl sites for hydroxylation is 2. The molecule has 3 aromatic rings. The summed E-state index contributed by atoms with van der Waals surface area (Å²) >= 11 is 1.42. The number of anilines is 1. The smallest absolute Gasteiger partial charge is 0.278 e. The number of aromatic nitrogens is 2. The van der Waals surface area contributed by atoms with E-state index in [1.165, 1.54) is 27.5 Å². The summed E-state index contributed by atoms with van der Waals surface area (Å²) in [4.78, 5) is 26.1. The Labute approximate surface area is 179 Å². The summed E-state index contributed by atoms with van der Waals surface area (Å²) in [5.41, 5.74) is 3.49. The molecule has 1 aliphatic heterocycles. The number of nitrogens with two attached hydrogens (primary N) is 1. The highest BCUT2D eigenvalue weighted by molar-refractivity contribution is 7.20. The molecule has 5 rings (SSSR count). The van der Waals surface area contributed by atoms with E-state index in [1.54, 1.807) is 6.20 Å². The van der Waals surface area contributed by atoms with Crippen molar-refractivity contribution in [1.29, 1.82) is 0 Å². The van der Waals surface area contributed by atoms with Gasteiger partial charge in [-0.3, -0.25) is 9.80 Å². The number of rotatable bonds is 3. The molecule has 1 aliphatic carbocycles. The van der Waals surface area contributed by atoms with Gasteiger partial charge in [0.15, 0.2) is 0 Å². The molecule has 8 heteroatoms. The first kappa shape index (κ1) is 19.4. The van der Waals surface area contributed by atoms with Crippen LogP contribution in [0, 0.1) is 6.92 Å². The van der Waals surface area contributed by atoms with Gasteiger partial charge in [0.1, 0.15) is 10.6 Å². The van der Waals surface area contributed by atoms with E-state index in [2.05, 4.69) is 21.3 Å². The van der Waals surface area contributed by atoms with Crippen LogP contribution in [0.25, 0.3) is 10.2 Å². The molecular formula is C22H26N6OS. The molecule has 0 radical (unpaired) electrons. The number of piperazine rings is 1. The first-order valence-corrected chi connectivity index (χ1v) is 11.3. The van der Waals surface area contributed by atoms with Crippen molar-refractivity contribution in [2.24, 2.45) is 5.84 Å². The van der Waals surface area contributed by atoms with E-state index in [0.29, 0.717) is 4.88 Å². The Morgan fingerprint density at radius 1 is 1.30 bits per heavy atom. The van der Waals surface area contributed by atoms with Gasteiger partial charge in [-0.15, -0.1) is 11.3 Å². The second-order valence-corrected chi connectivity index (χ2v) is 9.07. The zero-order valence-corrected chi connectivity index (χ0v) is 17.9. The van der Waals surface area contributed by atoms with Crippen LogP contribution in [-0.4, -0.2) is 53.1 Å². The van der Waals surface area contributed by atoms with Gasteiger partial charge in [0, 0.05) is 44.0 Å². The van der Waals surface area contributed by atoms with Gasteiger partial charge in [0.2, 0.25) is 0 Å². The minimum atomic E-state index is -0.116. The van der Waals surface area contributed by atoms with E-state index in [-0.39, 0.29) is 11.9 Å². The standard InChI is InChI=1S/C22H26N6OS/c1-14-18-3-2-6-25-21(18)30-20(14)22(29)28(23)17-5-4-15-12-19(26-13-16(15)11-17)27-9-7-24-8-10-27/h2-3,6,12-13,17,24H,4-5,7-11,23H2,1H3. The zero-order chi connectivity index (χ0) is 20.7. The minimum absolute atomic E-state index is 0.0191. The van der Waals surface area contributed by atoms with Crippen LogP contribution in [0.15, 0.2) is 30.6 Å². The van der Waals surface area contributed by atoms with Gasteiger partial charge in [-0.1, -0.05) is 6.07 Å².